The summed E-state index contributed by atoms with van der Waals surface area (Å²) in [4.78, 5) is 0.858. The number of hydrogen-bond acceptors (Lipinski definition) is 4. The second kappa shape index (κ2) is 3.21. The molecule has 0 amide bonds. The van der Waals surface area contributed by atoms with Crippen LogP contribution in [0.2, 0.25) is 0 Å². The van der Waals surface area contributed by atoms with E-state index in [0.717, 1.165) is 20.5 Å². The molecule has 68 valence electrons. The van der Waals surface area contributed by atoms with Gasteiger partial charge >= 0.3 is 0 Å². The topological polar surface area (TPSA) is 46.2 Å². The van der Waals surface area contributed by atoms with Crippen molar-refractivity contribution >= 4 is 39.7 Å². The molecule has 2 rings (SSSR count). The Morgan fingerprint density at radius 2 is 2.23 bits per heavy atom. The van der Waals surface area contributed by atoms with Gasteiger partial charge in [-0.3, -0.25) is 0 Å². The lowest BCUT2D eigenvalue weighted by Crippen LogP contribution is -1.88. The van der Waals surface area contributed by atoms with Crippen LogP contribution in [0.1, 0.15) is 5.56 Å². The van der Waals surface area contributed by atoms with Crippen molar-refractivity contribution in [3.05, 3.63) is 23.1 Å². The number of thiophene rings is 1. The number of aliphatic hydroxyl groups excluding tert-OH is 1. The minimum atomic E-state index is 0.0378. The third-order valence-electron chi connectivity index (χ3n) is 1.94. The number of hydrogen-bond donors (Lipinski definition) is 3. The summed E-state index contributed by atoms with van der Waals surface area (Å²) in [5, 5.41) is 11.9. The number of thiol groups is 1. The molecule has 3 N–H and O–H groups in total. The Bertz CT molecular complexity index is 450. The number of nitrogen functional groups attached to an aromatic ring is 1. The molecule has 1 heterocycles. The van der Waals surface area contributed by atoms with Gasteiger partial charge < -0.3 is 10.8 Å². The van der Waals surface area contributed by atoms with Crippen molar-refractivity contribution in [2.45, 2.75) is 11.5 Å². The lowest BCUT2D eigenvalue weighted by Gasteiger charge is -2.00. The molecule has 2 aromatic rings. The molecule has 2 nitrogen and oxygen atoms in total. The van der Waals surface area contributed by atoms with Crippen LogP contribution < -0.4 is 5.73 Å². The van der Waals surface area contributed by atoms with Gasteiger partial charge in [0.25, 0.3) is 0 Å². The predicted octanol–water partition coefficient (Wildman–Crippen LogP) is 2.26. The number of rotatable bonds is 1. The first-order valence-corrected chi connectivity index (χ1v) is 5.14. The Labute approximate surface area is 85.4 Å². The van der Waals surface area contributed by atoms with E-state index in [-0.39, 0.29) is 6.61 Å². The van der Waals surface area contributed by atoms with E-state index in [1.54, 1.807) is 17.4 Å². The number of benzene rings is 1. The molecule has 0 atom stereocenters. The van der Waals surface area contributed by atoms with Crippen molar-refractivity contribution in [2.75, 3.05) is 5.73 Å². The van der Waals surface area contributed by atoms with E-state index in [0.29, 0.717) is 5.69 Å². The number of fused-ring (bicyclic) bond motifs is 1. The van der Waals surface area contributed by atoms with Gasteiger partial charge in [0.05, 0.1) is 6.61 Å². The minimum absolute atomic E-state index is 0.0378. The molecule has 0 radical (unpaired) electrons. The number of anilines is 1. The Hall–Kier alpha value is -0.710. The average molecular weight is 211 g/mol. The largest absolute Gasteiger partial charge is 0.398 e. The number of aliphatic hydroxyl groups is 1. The molecule has 0 unspecified atom stereocenters. The Kier molecular flexibility index (Phi) is 2.19. The monoisotopic (exact) mass is 211 g/mol. The third kappa shape index (κ3) is 1.41. The summed E-state index contributed by atoms with van der Waals surface area (Å²) in [5.41, 5.74) is 7.41. The van der Waals surface area contributed by atoms with E-state index in [1.165, 1.54) is 0 Å². The van der Waals surface area contributed by atoms with Gasteiger partial charge in [0.15, 0.2) is 0 Å². The quantitative estimate of drug-likeness (QED) is 0.500. The highest BCUT2D eigenvalue weighted by molar-refractivity contribution is 7.80. The van der Waals surface area contributed by atoms with Crippen molar-refractivity contribution in [1.82, 2.24) is 0 Å². The lowest BCUT2D eigenvalue weighted by molar-refractivity contribution is 0.284. The van der Waals surface area contributed by atoms with Gasteiger partial charge in [-0.15, -0.1) is 24.0 Å². The molecule has 0 aliphatic heterocycles. The van der Waals surface area contributed by atoms with Crippen LogP contribution in [0.3, 0.4) is 0 Å². The molecular formula is C9H9NOS2. The second-order valence-corrected chi connectivity index (χ2v) is 4.25. The molecule has 0 spiro atoms. The molecule has 0 fully saturated rings. The zero-order valence-electron chi connectivity index (χ0n) is 6.82. The van der Waals surface area contributed by atoms with E-state index in [1.807, 2.05) is 11.4 Å². The van der Waals surface area contributed by atoms with Gasteiger partial charge in [-0.1, -0.05) is 0 Å². The van der Waals surface area contributed by atoms with Crippen LogP contribution >= 0.6 is 24.0 Å². The average Bonchev–Trinajstić information content (AvgIpc) is 2.47. The lowest BCUT2D eigenvalue weighted by atomic mass is 10.1. The number of nitrogens with two attached hydrogens (primary N) is 1. The van der Waals surface area contributed by atoms with Crippen molar-refractivity contribution in [1.29, 1.82) is 0 Å². The smallest absolute Gasteiger partial charge is 0.0696 e. The fraction of sp³-hybridized carbons (Fsp3) is 0.111. The molecule has 1 aromatic carbocycles. The van der Waals surface area contributed by atoms with Gasteiger partial charge in [-0.05, 0) is 23.1 Å². The molecule has 0 saturated carbocycles. The Morgan fingerprint density at radius 3 is 2.92 bits per heavy atom. The fourth-order valence-electron chi connectivity index (χ4n) is 1.37. The van der Waals surface area contributed by atoms with E-state index in [9.17, 15) is 0 Å². The minimum Gasteiger partial charge on any atom is -0.398 e. The second-order valence-electron chi connectivity index (χ2n) is 2.83. The molecule has 0 aliphatic rings. The summed E-state index contributed by atoms with van der Waals surface area (Å²) in [5.74, 6) is 0. The highest BCUT2D eigenvalue weighted by atomic mass is 32.1. The van der Waals surface area contributed by atoms with Gasteiger partial charge in [-0.25, -0.2) is 0 Å². The molecule has 0 bridgehead atoms. The zero-order chi connectivity index (χ0) is 9.42. The summed E-state index contributed by atoms with van der Waals surface area (Å²) in [7, 11) is 0. The summed E-state index contributed by atoms with van der Waals surface area (Å²) >= 11 is 5.81. The van der Waals surface area contributed by atoms with Crippen LogP contribution in [0, 0.1) is 0 Å². The molecule has 13 heavy (non-hydrogen) atoms. The van der Waals surface area contributed by atoms with Crippen molar-refractivity contribution in [3.63, 3.8) is 0 Å². The summed E-state index contributed by atoms with van der Waals surface area (Å²) in [6.45, 7) is 0.0378. The van der Waals surface area contributed by atoms with Crippen LogP contribution in [0.4, 0.5) is 5.69 Å². The standard InChI is InChI=1S/C9H9NOS2/c10-7-1-6(12)2-8-9(7)5(3-11)4-13-8/h1-2,4,11-12H,3,10H2. The van der Waals surface area contributed by atoms with Crippen LogP contribution in [0.5, 0.6) is 0 Å². The van der Waals surface area contributed by atoms with E-state index < -0.39 is 0 Å². The first-order valence-electron chi connectivity index (χ1n) is 3.82. The fourth-order valence-corrected chi connectivity index (χ4v) is 2.75. The maximum atomic E-state index is 9.05. The highest BCUT2D eigenvalue weighted by Gasteiger charge is 2.06. The summed E-state index contributed by atoms with van der Waals surface area (Å²) < 4.78 is 1.08. The van der Waals surface area contributed by atoms with Crippen LogP contribution in [0.15, 0.2) is 22.4 Å². The van der Waals surface area contributed by atoms with Crippen LogP contribution in [0.25, 0.3) is 10.1 Å². The van der Waals surface area contributed by atoms with Gasteiger partial charge in [0, 0.05) is 20.7 Å². The highest BCUT2D eigenvalue weighted by Crippen LogP contribution is 2.32. The first-order chi connectivity index (χ1) is 6.22. The normalized spacial score (nSPS) is 10.9. The third-order valence-corrected chi connectivity index (χ3v) is 3.17. The molecule has 0 aliphatic carbocycles. The first kappa shape index (κ1) is 8.87. The maximum Gasteiger partial charge on any atom is 0.0696 e. The van der Waals surface area contributed by atoms with Gasteiger partial charge in [0.1, 0.15) is 0 Å². The van der Waals surface area contributed by atoms with Crippen molar-refractivity contribution in [2.24, 2.45) is 0 Å². The SMILES string of the molecule is Nc1cc(S)cc2scc(CO)c12. The maximum absolute atomic E-state index is 9.05. The summed E-state index contributed by atoms with van der Waals surface area (Å²) in [6, 6.07) is 3.76. The summed E-state index contributed by atoms with van der Waals surface area (Å²) in [6.07, 6.45) is 0. The van der Waals surface area contributed by atoms with Gasteiger partial charge in [0.2, 0.25) is 0 Å². The van der Waals surface area contributed by atoms with Crippen LogP contribution in [-0.2, 0) is 6.61 Å². The van der Waals surface area contributed by atoms with Crippen LogP contribution in [-0.4, -0.2) is 5.11 Å². The molecule has 0 saturated heterocycles. The molecule has 4 heteroatoms. The Morgan fingerprint density at radius 1 is 1.46 bits per heavy atom. The zero-order valence-corrected chi connectivity index (χ0v) is 8.53. The Balaban J connectivity index is 2.82. The van der Waals surface area contributed by atoms with Crippen molar-refractivity contribution < 1.29 is 5.11 Å². The molecular weight excluding hydrogens is 202 g/mol. The van der Waals surface area contributed by atoms with Crippen molar-refractivity contribution in [3.8, 4) is 0 Å². The van der Waals surface area contributed by atoms with E-state index in [4.69, 9.17) is 10.8 Å². The van der Waals surface area contributed by atoms with E-state index >= 15 is 0 Å². The molecule has 1 aromatic heterocycles. The van der Waals surface area contributed by atoms with Gasteiger partial charge in [-0.2, -0.15) is 0 Å². The van der Waals surface area contributed by atoms with E-state index in [2.05, 4.69) is 12.6 Å². The predicted molar refractivity (Wildman–Crippen MR) is 59.4 cm³/mol.